The zero-order valence-electron chi connectivity index (χ0n) is 21.4. The van der Waals surface area contributed by atoms with E-state index >= 15 is 0 Å². The molecule has 4 rings (SSSR count). The third-order valence-corrected chi connectivity index (χ3v) is 8.01. The molecule has 0 unspecified atom stereocenters. The van der Waals surface area contributed by atoms with Gasteiger partial charge in [-0.3, -0.25) is 19.3 Å². The summed E-state index contributed by atoms with van der Waals surface area (Å²) in [5.41, 5.74) is 0.281. The summed E-state index contributed by atoms with van der Waals surface area (Å²) in [6.45, 7) is 6.87. The summed E-state index contributed by atoms with van der Waals surface area (Å²) in [7, 11) is 2.86. The number of fused-ring (bicyclic) bond motifs is 3. The fraction of sp³-hybridized carbons (Fsp3) is 0.500. The fourth-order valence-electron chi connectivity index (χ4n) is 6.31. The van der Waals surface area contributed by atoms with E-state index in [0.717, 1.165) is 0 Å². The molecule has 1 saturated carbocycles. The predicted molar refractivity (Wildman–Crippen MR) is 131 cm³/mol. The summed E-state index contributed by atoms with van der Waals surface area (Å²) in [5, 5.41) is 67.6. The molecule has 1 fully saturated rings. The number of benzene rings is 1. The van der Waals surface area contributed by atoms with Crippen molar-refractivity contribution in [2.75, 3.05) is 14.1 Å². The lowest BCUT2D eigenvalue weighted by molar-refractivity contribution is -0.169. The lowest BCUT2D eigenvalue weighted by Crippen LogP contribution is -2.70. The number of nitrogens with zero attached hydrogens (tertiary/aromatic N) is 1. The first-order valence-electron chi connectivity index (χ1n) is 11.8. The van der Waals surface area contributed by atoms with Crippen molar-refractivity contribution in [1.82, 2.24) is 4.90 Å². The number of phenolic OH excluding ortho intramolecular Hbond substituents is 2. The Morgan fingerprint density at radius 2 is 1.68 bits per heavy atom. The van der Waals surface area contributed by atoms with Crippen LogP contribution in [0.5, 0.6) is 11.5 Å². The summed E-state index contributed by atoms with van der Waals surface area (Å²) >= 11 is 0. The van der Waals surface area contributed by atoms with Crippen LogP contribution in [0.1, 0.15) is 50.3 Å². The van der Waals surface area contributed by atoms with Crippen LogP contribution in [0.3, 0.4) is 0 Å². The van der Waals surface area contributed by atoms with E-state index < -0.39 is 86.8 Å². The average molecular weight is 517 g/mol. The van der Waals surface area contributed by atoms with Gasteiger partial charge >= 0.3 is 0 Å². The maximum absolute atomic E-state index is 14.0. The van der Waals surface area contributed by atoms with E-state index in [9.17, 15) is 45.0 Å². The van der Waals surface area contributed by atoms with Crippen molar-refractivity contribution >= 4 is 23.2 Å². The molecule has 0 spiro atoms. The number of hydrogen-bond acceptors (Lipinski definition) is 10. The zero-order valence-corrected chi connectivity index (χ0v) is 21.4. The van der Waals surface area contributed by atoms with Crippen LogP contribution in [0.25, 0.3) is 5.76 Å². The highest BCUT2D eigenvalue weighted by atomic mass is 16.4. The summed E-state index contributed by atoms with van der Waals surface area (Å²) in [4.78, 5) is 40.5. The summed E-state index contributed by atoms with van der Waals surface area (Å²) < 4.78 is 0. The number of nitrogens with two attached hydrogens (primary N) is 1. The number of amides is 1. The van der Waals surface area contributed by atoms with Gasteiger partial charge < -0.3 is 36.4 Å². The van der Waals surface area contributed by atoms with E-state index in [2.05, 4.69) is 0 Å². The second-order valence-corrected chi connectivity index (χ2v) is 11.4. The summed E-state index contributed by atoms with van der Waals surface area (Å²) in [6.07, 6.45) is -1.72. The van der Waals surface area contributed by atoms with Gasteiger partial charge in [0.2, 0.25) is 5.78 Å². The SMILES string of the molecule is C[C@H]1c2c(O)cc(C(C)(C)C)c(O)c2C(O)=C2C(=O)[C@]3(O)C(O)=C(C(N)=O)C(=O)[C@@H](N(C)C)[C@@H]3[C@@H](O)[C@@H]21. The topological polar surface area (TPSA) is 202 Å². The fourth-order valence-corrected chi connectivity index (χ4v) is 6.31. The number of carbonyl (C=O) groups excluding carboxylic acids is 3. The van der Waals surface area contributed by atoms with Crippen LogP contribution < -0.4 is 5.73 Å². The molecule has 11 nitrogen and oxygen atoms in total. The Morgan fingerprint density at radius 3 is 2.16 bits per heavy atom. The average Bonchev–Trinajstić information content (AvgIpc) is 2.76. The molecule has 6 atom stereocenters. The summed E-state index contributed by atoms with van der Waals surface area (Å²) in [6, 6.07) is -0.0820. The maximum Gasteiger partial charge on any atom is 0.255 e. The Balaban J connectivity index is 2.10. The number of Topliss-reactive ketones (excluding diaryl/α,β-unsaturated/α-hetero) is 2. The lowest BCUT2D eigenvalue weighted by Gasteiger charge is -2.53. The Morgan fingerprint density at radius 1 is 1.11 bits per heavy atom. The monoisotopic (exact) mass is 516 g/mol. The molecule has 0 saturated heterocycles. The largest absolute Gasteiger partial charge is 0.508 e. The van der Waals surface area contributed by atoms with Gasteiger partial charge in [0, 0.05) is 22.6 Å². The highest BCUT2D eigenvalue weighted by Crippen LogP contribution is 2.58. The van der Waals surface area contributed by atoms with E-state index in [1.54, 1.807) is 27.7 Å². The van der Waals surface area contributed by atoms with E-state index in [4.69, 9.17) is 5.73 Å². The second kappa shape index (κ2) is 8.04. The second-order valence-electron chi connectivity index (χ2n) is 11.4. The lowest BCUT2D eigenvalue weighted by atomic mass is 9.54. The minimum absolute atomic E-state index is 0.0789. The Hall–Kier alpha value is -3.41. The van der Waals surface area contributed by atoms with E-state index in [-0.39, 0.29) is 22.4 Å². The Labute approximate surface area is 213 Å². The molecule has 0 radical (unpaired) electrons. The third-order valence-electron chi connectivity index (χ3n) is 8.01. The molecule has 1 aromatic rings. The molecule has 0 bridgehead atoms. The highest BCUT2D eigenvalue weighted by molar-refractivity contribution is 6.24. The van der Waals surface area contributed by atoms with Gasteiger partial charge in [-0.15, -0.1) is 0 Å². The van der Waals surface area contributed by atoms with Gasteiger partial charge in [-0.1, -0.05) is 27.7 Å². The number of primary amides is 1. The quantitative estimate of drug-likeness (QED) is 0.214. The van der Waals surface area contributed by atoms with Crippen molar-refractivity contribution in [3.05, 3.63) is 39.7 Å². The molecule has 37 heavy (non-hydrogen) atoms. The van der Waals surface area contributed by atoms with Gasteiger partial charge in [0.1, 0.15) is 28.6 Å². The van der Waals surface area contributed by atoms with Crippen LogP contribution in [0.2, 0.25) is 0 Å². The number of aliphatic hydroxyl groups excluding tert-OH is 3. The molecular weight excluding hydrogens is 484 g/mol. The van der Waals surface area contributed by atoms with Crippen LogP contribution in [0, 0.1) is 11.8 Å². The molecule has 3 aliphatic carbocycles. The molecule has 200 valence electrons. The van der Waals surface area contributed by atoms with Gasteiger partial charge in [-0.05, 0) is 31.5 Å². The maximum atomic E-state index is 14.0. The molecule has 1 aromatic carbocycles. The van der Waals surface area contributed by atoms with Gasteiger partial charge in [-0.25, -0.2) is 0 Å². The Bertz CT molecular complexity index is 1320. The smallest absolute Gasteiger partial charge is 0.255 e. The number of aliphatic hydroxyl groups is 4. The minimum atomic E-state index is -2.98. The molecule has 0 aromatic heterocycles. The minimum Gasteiger partial charge on any atom is -0.508 e. The van der Waals surface area contributed by atoms with Crippen molar-refractivity contribution in [2.24, 2.45) is 17.6 Å². The van der Waals surface area contributed by atoms with Gasteiger partial charge in [0.05, 0.1) is 23.6 Å². The van der Waals surface area contributed by atoms with Gasteiger partial charge in [0.15, 0.2) is 11.4 Å². The van der Waals surface area contributed by atoms with Gasteiger partial charge in [0.25, 0.3) is 5.91 Å². The molecule has 8 N–H and O–H groups in total. The number of ketones is 2. The van der Waals surface area contributed by atoms with Crippen LogP contribution in [0.15, 0.2) is 23.0 Å². The van der Waals surface area contributed by atoms with Crippen LogP contribution >= 0.6 is 0 Å². The normalized spacial score (nSPS) is 31.9. The number of carbonyl (C=O) groups is 3. The van der Waals surface area contributed by atoms with Crippen molar-refractivity contribution in [1.29, 1.82) is 0 Å². The number of aromatic hydroxyl groups is 2. The molecule has 11 heteroatoms. The van der Waals surface area contributed by atoms with E-state index in [1.165, 1.54) is 25.1 Å². The standard InChI is InChI=1S/C26H32N2O9/c1-8-11-10(29)7-9(25(2,3)4)18(30)13(11)19(31)14-12(8)20(32)16-17(28(5)6)21(33)15(24(27)36)23(35)26(16,37)22(14)34/h7-8,12,16-17,20,29-32,35,37H,1-6H3,(H2,27,36)/t8-,12+,16+,17-,20-,26-/m0/s1. The highest BCUT2D eigenvalue weighted by Gasteiger charge is 2.68. The molecular formula is C26H32N2O9. The summed E-state index contributed by atoms with van der Waals surface area (Å²) in [5.74, 6) is -10.1. The van der Waals surface area contributed by atoms with Crippen molar-refractivity contribution in [3.8, 4) is 11.5 Å². The van der Waals surface area contributed by atoms with Crippen LogP contribution in [-0.2, 0) is 19.8 Å². The molecule has 1 amide bonds. The van der Waals surface area contributed by atoms with E-state index in [1.807, 2.05) is 0 Å². The van der Waals surface area contributed by atoms with Crippen LogP contribution in [-0.4, -0.2) is 84.9 Å². The van der Waals surface area contributed by atoms with Crippen molar-refractivity contribution < 1.29 is 45.0 Å². The third kappa shape index (κ3) is 3.27. The predicted octanol–water partition coefficient (Wildman–Crippen LogP) is 0.499. The molecule has 0 aliphatic heterocycles. The van der Waals surface area contributed by atoms with Crippen LogP contribution in [0.4, 0.5) is 0 Å². The number of phenols is 2. The first-order valence-corrected chi connectivity index (χ1v) is 11.8. The van der Waals surface area contributed by atoms with Crippen molar-refractivity contribution in [3.63, 3.8) is 0 Å². The molecule has 0 heterocycles. The molecule has 3 aliphatic rings. The van der Waals surface area contributed by atoms with Crippen molar-refractivity contribution in [2.45, 2.75) is 56.8 Å². The number of rotatable bonds is 2. The first-order chi connectivity index (χ1) is 16.9. The van der Waals surface area contributed by atoms with Gasteiger partial charge in [-0.2, -0.15) is 0 Å². The Kier molecular flexibility index (Phi) is 5.79. The zero-order chi connectivity index (χ0) is 28.1. The van der Waals surface area contributed by atoms with E-state index in [0.29, 0.717) is 0 Å². The first kappa shape index (κ1) is 26.6. The number of hydrogen-bond donors (Lipinski definition) is 7. The number of likely N-dealkylation sites (N-methyl/N-ethyl adjacent to an activating group) is 1.